The molecule has 0 spiro atoms. The van der Waals surface area contributed by atoms with Gasteiger partial charge in [0.05, 0.1) is 12.5 Å². The van der Waals surface area contributed by atoms with Crippen LogP contribution in [0.4, 0.5) is 0 Å². The van der Waals surface area contributed by atoms with E-state index in [4.69, 9.17) is 33.8 Å². The number of nitrogens with zero attached hydrogens (tertiary/aromatic N) is 2. The molecule has 2 heterocycles. The Kier molecular flexibility index (Phi) is 23.6. The van der Waals surface area contributed by atoms with E-state index in [1.165, 1.54) is 36.4 Å². The predicted octanol–water partition coefficient (Wildman–Crippen LogP) is -5.03. The smallest absolute Gasteiger partial charge is 0.322 e. The van der Waals surface area contributed by atoms with Gasteiger partial charge < -0.3 is 81.0 Å². The van der Waals surface area contributed by atoms with E-state index in [1.807, 2.05) is 0 Å². The molecule has 4 rings (SSSR count). The second-order valence-electron chi connectivity index (χ2n) is 17.2. The van der Waals surface area contributed by atoms with E-state index in [2.05, 4.69) is 42.2 Å². The van der Waals surface area contributed by atoms with E-state index in [0.29, 0.717) is 11.1 Å². The number of aliphatic carboxylic acids is 1. The minimum Gasteiger partial charge on any atom is -0.508 e. The van der Waals surface area contributed by atoms with Gasteiger partial charge in [-0.3, -0.25) is 57.7 Å². The number of aliphatic imine (C=N–C) groups is 1. The number of nitrogens with one attached hydrogen (secondary N) is 7. The number of hydrogen-bond donors (Lipinski definition) is 14. The number of guanidine groups is 1. The highest BCUT2D eigenvalue weighted by Gasteiger charge is 2.39. The zero-order valence-corrected chi connectivity index (χ0v) is 42.1. The Morgan fingerprint density at radius 1 is 0.733 bits per heavy atom. The Labute approximate surface area is 437 Å². The van der Waals surface area contributed by atoms with Crippen LogP contribution in [-0.2, 0) is 65.6 Å². The third-order valence-electron chi connectivity index (χ3n) is 11.3. The zero-order valence-electron chi connectivity index (χ0n) is 40.4. The van der Waals surface area contributed by atoms with E-state index >= 15 is 0 Å². The van der Waals surface area contributed by atoms with E-state index < -0.39 is 139 Å². The Morgan fingerprint density at radius 3 is 1.92 bits per heavy atom. The van der Waals surface area contributed by atoms with Crippen molar-refractivity contribution < 1.29 is 63.0 Å². The summed E-state index contributed by atoms with van der Waals surface area (Å²) in [6.07, 6.45) is 0.835. The van der Waals surface area contributed by atoms with Gasteiger partial charge in [-0.25, -0.2) is 0 Å². The summed E-state index contributed by atoms with van der Waals surface area (Å²) in [5.41, 5.74) is 29.1. The summed E-state index contributed by atoms with van der Waals surface area (Å²) < 4.78 is 0. The third kappa shape index (κ3) is 20.1. The van der Waals surface area contributed by atoms with Crippen LogP contribution in [0.15, 0.2) is 71.7 Å². The van der Waals surface area contributed by atoms with Gasteiger partial charge in [-0.2, -0.15) is 0 Å². The number of benzene rings is 2. The first-order chi connectivity index (χ1) is 35.6. The summed E-state index contributed by atoms with van der Waals surface area (Å²) in [5, 5.41) is 36.4. The van der Waals surface area contributed by atoms with Crippen molar-refractivity contribution in [2.24, 2.45) is 33.7 Å². The zero-order chi connectivity index (χ0) is 55.2. The van der Waals surface area contributed by atoms with Crippen LogP contribution in [0.3, 0.4) is 0 Å². The first kappa shape index (κ1) is 59.6. The first-order valence-electron chi connectivity index (χ1n) is 23.3. The van der Waals surface area contributed by atoms with Crippen LogP contribution in [-0.4, -0.2) is 166 Å². The maximum absolute atomic E-state index is 14.5. The highest BCUT2D eigenvalue weighted by molar-refractivity contribution is 8.76. The maximum Gasteiger partial charge on any atom is 0.322 e. The topological polar surface area (TPSA) is 458 Å². The van der Waals surface area contributed by atoms with Gasteiger partial charge in [0.2, 0.25) is 59.1 Å². The van der Waals surface area contributed by atoms with Gasteiger partial charge in [0, 0.05) is 43.9 Å². The summed E-state index contributed by atoms with van der Waals surface area (Å²) in [5.74, 6) is -11.5. The minimum atomic E-state index is -1.82. The number of phenols is 1. The average molecular weight is 1080 g/mol. The average Bonchev–Trinajstić information content (AvgIpc) is 3.86. The molecule has 19 N–H and O–H groups in total. The highest BCUT2D eigenvalue weighted by Crippen LogP contribution is 2.25. The number of amides is 10. The van der Waals surface area contributed by atoms with Crippen molar-refractivity contribution in [1.82, 2.24) is 42.1 Å². The van der Waals surface area contributed by atoms with E-state index in [9.17, 15) is 57.8 Å². The third-order valence-corrected chi connectivity index (χ3v) is 13.7. The molecule has 0 aliphatic carbocycles. The summed E-state index contributed by atoms with van der Waals surface area (Å²) in [6, 6.07) is 2.31. The Bertz CT molecular complexity index is 2460. The summed E-state index contributed by atoms with van der Waals surface area (Å²) in [6.45, 7) is -0.915. The predicted molar refractivity (Wildman–Crippen MR) is 274 cm³/mol. The van der Waals surface area contributed by atoms with Gasteiger partial charge in [-0.1, -0.05) is 76.2 Å². The van der Waals surface area contributed by atoms with Crippen molar-refractivity contribution in [1.29, 1.82) is 0 Å². The van der Waals surface area contributed by atoms with Crippen molar-refractivity contribution in [2.45, 2.75) is 93.3 Å². The molecule has 8 atom stereocenters. The molecule has 2 aliphatic heterocycles. The molecule has 2 aromatic carbocycles. The van der Waals surface area contributed by atoms with Gasteiger partial charge in [0.15, 0.2) is 5.96 Å². The van der Waals surface area contributed by atoms with Crippen molar-refractivity contribution in [3.63, 3.8) is 0 Å². The van der Waals surface area contributed by atoms with Crippen molar-refractivity contribution >= 4 is 92.6 Å². The molecule has 2 aliphatic rings. The van der Waals surface area contributed by atoms with Crippen LogP contribution < -0.4 is 65.9 Å². The van der Waals surface area contributed by atoms with Gasteiger partial charge in [0.1, 0.15) is 54.6 Å². The van der Waals surface area contributed by atoms with Crippen LogP contribution in [0.2, 0.25) is 0 Å². The summed E-state index contributed by atoms with van der Waals surface area (Å²) >= 11 is 0. The quantitative estimate of drug-likeness (QED) is 0.0206. The highest BCUT2D eigenvalue weighted by atomic mass is 33.1. The molecule has 406 valence electrons. The van der Waals surface area contributed by atoms with Crippen LogP contribution in [0, 0.1) is 0 Å². The Hall–Kier alpha value is -7.92. The number of carbonyl (C=O) groups is 11. The molecular formula is C46H62N14O13S2. The monoisotopic (exact) mass is 1080 g/mol. The van der Waals surface area contributed by atoms with Crippen LogP contribution in [0.1, 0.15) is 43.2 Å². The number of rotatable bonds is 19. The molecule has 0 aromatic heterocycles. The largest absolute Gasteiger partial charge is 0.508 e. The van der Waals surface area contributed by atoms with Gasteiger partial charge in [-0.05, 0) is 42.5 Å². The Morgan fingerprint density at radius 2 is 1.31 bits per heavy atom. The number of phenolic OH excluding ortho intramolecular Hbond substituents is 1. The molecule has 10 amide bonds. The SMILES string of the molecule is NC(=O)CC[C@@H]1NC(=O)[C@H](Cc2ccccc2)NC(=O)[C@H](Cc2ccc(O)cc2)NC(=O)[C@@H](N)CSSC[C@@H](C(=O)N2CC=C[C@H]2C(=O)N[C@@H](CCCN=C(N)N)C(=O)NCC(=O)O)NC(=O)[C@H](CC(N)=O)NC1=O. The number of aromatic hydroxyl groups is 1. The fourth-order valence-corrected chi connectivity index (χ4v) is 9.73. The molecule has 0 unspecified atom stereocenters. The first-order valence-corrected chi connectivity index (χ1v) is 25.8. The molecule has 0 bridgehead atoms. The number of carboxylic acid groups (broad SMARTS) is 1. The van der Waals surface area contributed by atoms with Gasteiger partial charge >= 0.3 is 5.97 Å². The lowest BCUT2D eigenvalue weighted by atomic mass is 10.0. The van der Waals surface area contributed by atoms with Crippen molar-refractivity contribution in [3.05, 3.63) is 77.9 Å². The van der Waals surface area contributed by atoms with Crippen molar-refractivity contribution in [2.75, 3.05) is 31.1 Å². The number of carbonyl (C=O) groups excluding carboxylic acids is 10. The lowest BCUT2D eigenvalue weighted by Crippen LogP contribution is -2.61. The maximum atomic E-state index is 14.5. The molecule has 0 saturated carbocycles. The van der Waals surface area contributed by atoms with Gasteiger partial charge in [0.25, 0.3) is 0 Å². The molecule has 1 fully saturated rings. The molecule has 1 saturated heterocycles. The Balaban J connectivity index is 1.71. The van der Waals surface area contributed by atoms with Crippen LogP contribution >= 0.6 is 21.6 Å². The van der Waals surface area contributed by atoms with Gasteiger partial charge in [-0.15, -0.1) is 0 Å². The lowest BCUT2D eigenvalue weighted by Gasteiger charge is -2.31. The summed E-state index contributed by atoms with van der Waals surface area (Å²) in [7, 11) is 1.94. The van der Waals surface area contributed by atoms with E-state index in [0.717, 1.165) is 26.5 Å². The number of carboxylic acids is 1. The van der Waals surface area contributed by atoms with E-state index in [-0.39, 0.29) is 62.0 Å². The van der Waals surface area contributed by atoms with Crippen LogP contribution in [0.5, 0.6) is 5.75 Å². The van der Waals surface area contributed by atoms with E-state index in [1.54, 1.807) is 30.3 Å². The normalized spacial score (nSPS) is 22.4. The summed E-state index contributed by atoms with van der Waals surface area (Å²) in [4.78, 5) is 153. The number of primary amides is 2. The molecular weight excluding hydrogens is 1020 g/mol. The second kappa shape index (κ2) is 29.7. The van der Waals surface area contributed by atoms with Crippen molar-refractivity contribution in [3.8, 4) is 5.75 Å². The standard InChI is InChI=1S/C46H62N14O13S2/c47-27-22-74-75-23-33(45(73)60-17-5-9-34(60)44(72)55-28(8-4-16-52-46(50)51)39(67)53-21-37(64)65)59-43(71)32(20-36(49)63)58-40(68)29(14-15-35(48)62)54-41(69)31(18-24-6-2-1-3-7-24)57-42(70)30(56-38(27)66)19-25-10-12-26(61)13-11-25/h1-3,5-7,9-13,27-34,61H,4,8,14-23,47H2,(H2,48,62)(H2,49,63)(H,53,67)(H,54,69)(H,55,72)(H,56,66)(H,57,70)(H,58,68)(H,59,71)(H,64,65)(H4,50,51,52)/t27-,28-,29-,30-,31-,32-,33-,34-/m0/s1. The fraction of sp³-hybridized carbons (Fsp3) is 0.435. The number of hydrogen-bond acceptors (Lipinski definition) is 16. The van der Waals surface area contributed by atoms with Crippen LogP contribution in [0.25, 0.3) is 0 Å². The fourth-order valence-electron chi connectivity index (χ4n) is 7.45. The molecule has 29 heteroatoms. The lowest BCUT2D eigenvalue weighted by molar-refractivity contribution is -0.142. The molecule has 2 aromatic rings. The minimum absolute atomic E-state index is 0.0509. The number of nitrogens with two attached hydrogens (primary N) is 5. The molecule has 75 heavy (non-hydrogen) atoms. The molecule has 0 radical (unpaired) electrons. The molecule has 27 nitrogen and oxygen atoms in total. The second-order valence-corrected chi connectivity index (χ2v) is 19.8.